The first kappa shape index (κ1) is 18.1. The number of carbonyl (C=O) groups excluding carboxylic acids is 1. The molecule has 3 rings (SSSR count). The number of hydrogen-bond donors (Lipinski definition) is 2. The van der Waals surface area contributed by atoms with Gasteiger partial charge >= 0.3 is 6.09 Å². The van der Waals surface area contributed by atoms with Gasteiger partial charge in [-0.15, -0.1) is 0 Å². The molecule has 0 atom stereocenters. The van der Waals surface area contributed by atoms with E-state index in [0.29, 0.717) is 22.1 Å². The zero-order valence-electron chi connectivity index (χ0n) is 14.9. The fourth-order valence-corrected chi connectivity index (χ4v) is 2.83. The van der Waals surface area contributed by atoms with E-state index >= 15 is 0 Å². The summed E-state index contributed by atoms with van der Waals surface area (Å²) < 4.78 is 11.0. The van der Waals surface area contributed by atoms with Crippen LogP contribution in [0.4, 0.5) is 10.5 Å². The highest BCUT2D eigenvalue weighted by Gasteiger charge is 2.17. The van der Waals surface area contributed by atoms with Crippen molar-refractivity contribution in [1.82, 2.24) is 5.32 Å². The quantitative estimate of drug-likeness (QED) is 0.606. The Kier molecular flexibility index (Phi) is 4.83. The van der Waals surface area contributed by atoms with Crippen LogP contribution in [0.1, 0.15) is 26.5 Å². The van der Waals surface area contributed by atoms with Crippen LogP contribution in [0, 0.1) is 0 Å². The number of ether oxygens (including phenoxy) is 1. The van der Waals surface area contributed by atoms with Crippen LogP contribution >= 0.6 is 11.6 Å². The van der Waals surface area contributed by atoms with Crippen molar-refractivity contribution in [3.05, 3.63) is 53.2 Å². The average Bonchev–Trinajstić information content (AvgIpc) is 2.96. The molecule has 1 aromatic heterocycles. The van der Waals surface area contributed by atoms with Gasteiger partial charge in [-0.2, -0.15) is 0 Å². The largest absolute Gasteiger partial charge is 0.458 e. The van der Waals surface area contributed by atoms with Gasteiger partial charge in [0.1, 0.15) is 11.4 Å². The molecule has 3 aromatic rings. The molecule has 0 spiro atoms. The highest BCUT2D eigenvalue weighted by molar-refractivity contribution is 6.35. The number of alkyl carbamates (subject to hydrolysis) is 1. The Balaban J connectivity index is 1.81. The summed E-state index contributed by atoms with van der Waals surface area (Å²) in [5.41, 5.74) is 8.47. The summed E-state index contributed by atoms with van der Waals surface area (Å²) in [5, 5.41) is 4.05. The van der Waals surface area contributed by atoms with Crippen LogP contribution in [0.25, 0.3) is 22.1 Å². The fraction of sp³-hybridized carbons (Fsp3) is 0.250. The minimum atomic E-state index is -0.546. The molecule has 0 saturated heterocycles. The van der Waals surface area contributed by atoms with Crippen LogP contribution in [0.15, 0.2) is 46.9 Å². The topological polar surface area (TPSA) is 77.5 Å². The molecule has 0 radical (unpaired) electrons. The van der Waals surface area contributed by atoms with E-state index in [9.17, 15) is 4.79 Å². The molecule has 5 nitrogen and oxygen atoms in total. The summed E-state index contributed by atoms with van der Waals surface area (Å²) in [4.78, 5) is 11.8. The van der Waals surface area contributed by atoms with E-state index in [1.54, 1.807) is 0 Å². The number of furan rings is 1. The number of nitrogen functional groups attached to an aromatic ring is 1. The maximum absolute atomic E-state index is 11.8. The van der Waals surface area contributed by atoms with Crippen LogP contribution in [0.2, 0.25) is 5.02 Å². The van der Waals surface area contributed by atoms with Crippen molar-refractivity contribution < 1.29 is 13.9 Å². The lowest BCUT2D eigenvalue weighted by atomic mass is 10.0. The van der Waals surface area contributed by atoms with Crippen LogP contribution < -0.4 is 11.1 Å². The number of hydrogen-bond acceptors (Lipinski definition) is 4. The molecule has 1 amide bonds. The monoisotopic (exact) mass is 372 g/mol. The lowest BCUT2D eigenvalue weighted by molar-refractivity contribution is 0.0520. The van der Waals surface area contributed by atoms with Crippen molar-refractivity contribution >= 4 is 34.4 Å². The third-order valence-corrected chi connectivity index (χ3v) is 3.95. The summed E-state index contributed by atoms with van der Waals surface area (Å²) in [6.45, 7) is 5.65. The van der Waals surface area contributed by atoms with Crippen LogP contribution in [-0.2, 0) is 11.3 Å². The predicted octanol–water partition coefficient (Wildman–Crippen LogP) is 5.36. The summed E-state index contributed by atoms with van der Waals surface area (Å²) >= 11 is 6.38. The number of fused-ring (bicyclic) bond motifs is 1. The minimum Gasteiger partial charge on any atom is -0.458 e. The van der Waals surface area contributed by atoms with Gasteiger partial charge in [0.15, 0.2) is 5.58 Å². The molecule has 6 heteroatoms. The van der Waals surface area contributed by atoms with Crippen molar-refractivity contribution in [2.45, 2.75) is 32.9 Å². The second-order valence-corrected chi connectivity index (χ2v) is 7.47. The van der Waals surface area contributed by atoms with Gasteiger partial charge in [-0.25, -0.2) is 4.79 Å². The molecule has 136 valence electrons. The summed E-state index contributed by atoms with van der Waals surface area (Å²) in [7, 11) is 0. The van der Waals surface area contributed by atoms with Gasteiger partial charge < -0.3 is 20.2 Å². The van der Waals surface area contributed by atoms with Crippen molar-refractivity contribution in [3.8, 4) is 11.1 Å². The van der Waals surface area contributed by atoms with E-state index in [-0.39, 0.29) is 6.54 Å². The van der Waals surface area contributed by atoms with Gasteiger partial charge in [0, 0.05) is 11.1 Å². The van der Waals surface area contributed by atoms with E-state index < -0.39 is 11.7 Å². The molecule has 0 aliphatic heterocycles. The smallest absolute Gasteiger partial charge is 0.408 e. The van der Waals surface area contributed by atoms with Gasteiger partial charge in [0.25, 0.3) is 0 Å². The van der Waals surface area contributed by atoms with E-state index in [0.717, 1.165) is 16.5 Å². The van der Waals surface area contributed by atoms with Gasteiger partial charge in [0.05, 0.1) is 11.6 Å². The van der Waals surface area contributed by atoms with Gasteiger partial charge in [-0.3, -0.25) is 0 Å². The van der Waals surface area contributed by atoms with E-state index in [2.05, 4.69) is 5.32 Å². The Labute approximate surface area is 157 Å². The average molecular weight is 373 g/mol. The van der Waals surface area contributed by atoms with Crippen molar-refractivity contribution in [1.29, 1.82) is 0 Å². The lowest BCUT2D eigenvalue weighted by Gasteiger charge is -2.19. The summed E-state index contributed by atoms with van der Waals surface area (Å²) in [5.74, 6) is 0.599. The molecule has 0 aliphatic carbocycles. The number of benzene rings is 2. The minimum absolute atomic E-state index is 0.219. The van der Waals surface area contributed by atoms with Crippen molar-refractivity contribution in [2.75, 3.05) is 5.73 Å². The number of carbonyl (C=O) groups is 1. The zero-order chi connectivity index (χ0) is 18.9. The van der Waals surface area contributed by atoms with Gasteiger partial charge in [-0.05, 0) is 62.2 Å². The van der Waals surface area contributed by atoms with Crippen LogP contribution in [-0.4, -0.2) is 11.7 Å². The molecule has 26 heavy (non-hydrogen) atoms. The standard InChI is InChI=1S/C20H21ClN2O3/c1-20(2,3)26-19(24)23-11-16-9-14-8-13(10-17(21)18(14)25-16)12-4-6-15(22)7-5-12/h4-10H,11,22H2,1-3H3,(H,23,24). The predicted molar refractivity (Wildman–Crippen MR) is 104 cm³/mol. The van der Waals surface area contributed by atoms with Gasteiger partial charge in [-0.1, -0.05) is 23.7 Å². The number of halogens is 1. The number of rotatable bonds is 3. The Hall–Kier alpha value is -2.66. The number of nitrogens with two attached hydrogens (primary N) is 1. The SMILES string of the molecule is CC(C)(C)OC(=O)NCc1cc2cc(-c3ccc(N)cc3)cc(Cl)c2o1. The number of amides is 1. The Bertz CT molecular complexity index is 940. The van der Waals surface area contributed by atoms with Crippen LogP contribution in [0.3, 0.4) is 0 Å². The van der Waals surface area contributed by atoms with Crippen LogP contribution in [0.5, 0.6) is 0 Å². The maximum atomic E-state index is 11.8. The third-order valence-electron chi connectivity index (χ3n) is 3.67. The summed E-state index contributed by atoms with van der Waals surface area (Å²) in [6.07, 6.45) is -0.494. The molecule has 0 saturated carbocycles. The van der Waals surface area contributed by atoms with E-state index in [1.807, 2.05) is 63.2 Å². The first-order valence-corrected chi connectivity index (χ1v) is 8.64. The van der Waals surface area contributed by atoms with E-state index in [4.69, 9.17) is 26.5 Å². The molecule has 0 aliphatic rings. The van der Waals surface area contributed by atoms with E-state index in [1.165, 1.54) is 0 Å². The third kappa shape index (κ3) is 4.29. The van der Waals surface area contributed by atoms with Gasteiger partial charge in [0.2, 0.25) is 0 Å². The molecule has 0 unspecified atom stereocenters. The molecule has 3 N–H and O–H groups in total. The fourth-order valence-electron chi connectivity index (χ4n) is 2.57. The molecule has 1 heterocycles. The summed E-state index contributed by atoms with van der Waals surface area (Å²) in [6, 6.07) is 13.3. The second-order valence-electron chi connectivity index (χ2n) is 7.07. The van der Waals surface area contributed by atoms with Crippen molar-refractivity contribution in [2.24, 2.45) is 0 Å². The highest BCUT2D eigenvalue weighted by Crippen LogP contribution is 2.33. The molecular formula is C20H21ClN2O3. The molecular weight excluding hydrogens is 352 g/mol. The lowest BCUT2D eigenvalue weighted by Crippen LogP contribution is -2.32. The van der Waals surface area contributed by atoms with Crippen molar-refractivity contribution in [3.63, 3.8) is 0 Å². The number of nitrogens with one attached hydrogen (secondary N) is 1. The first-order chi connectivity index (χ1) is 12.2. The first-order valence-electron chi connectivity index (χ1n) is 8.26. The normalized spacial score (nSPS) is 11.5. The zero-order valence-corrected chi connectivity index (χ0v) is 15.7. The Morgan fingerprint density at radius 2 is 1.85 bits per heavy atom. The molecule has 0 fully saturated rings. The Morgan fingerprint density at radius 1 is 1.15 bits per heavy atom. The Morgan fingerprint density at radius 3 is 2.50 bits per heavy atom. The highest BCUT2D eigenvalue weighted by atomic mass is 35.5. The second kappa shape index (κ2) is 6.92. The maximum Gasteiger partial charge on any atom is 0.408 e. The molecule has 2 aromatic carbocycles. The number of anilines is 1. The molecule has 0 bridgehead atoms.